The minimum absolute atomic E-state index is 0.127. The lowest BCUT2D eigenvalue weighted by molar-refractivity contribution is -0.131. The van der Waals surface area contributed by atoms with E-state index in [1.54, 1.807) is 17.5 Å². The summed E-state index contributed by atoms with van der Waals surface area (Å²) in [4.78, 5) is 24.1. The van der Waals surface area contributed by atoms with Gasteiger partial charge in [-0.15, -0.1) is 11.3 Å². The second kappa shape index (κ2) is 7.14. The molecule has 7 heteroatoms. The van der Waals surface area contributed by atoms with Gasteiger partial charge in [-0.3, -0.25) is 9.78 Å². The molecule has 4 heterocycles. The van der Waals surface area contributed by atoms with Crippen molar-refractivity contribution in [1.82, 2.24) is 20.0 Å². The van der Waals surface area contributed by atoms with Crippen LogP contribution in [0, 0.1) is 0 Å². The second-order valence-electron chi connectivity index (χ2n) is 6.09. The fourth-order valence-electron chi connectivity index (χ4n) is 3.05. The summed E-state index contributed by atoms with van der Waals surface area (Å²) in [5.74, 6) is 1.68. The third-order valence-electron chi connectivity index (χ3n) is 4.44. The maximum atomic E-state index is 12.4. The zero-order valence-corrected chi connectivity index (χ0v) is 14.5. The maximum absolute atomic E-state index is 12.4. The Morgan fingerprint density at radius 1 is 1.24 bits per heavy atom. The molecular formula is C18H18N4O2S. The zero-order chi connectivity index (χ0) is 17.1. The summed E-state index contributed by atoms with van der Waals surface area (Å²) in [6.45, 7) is 1.43. The standard InChI is InChI=1S/C18H18N4O2S/c23-16(12-14-4-1-2-8-19-14)22-9-6-13(7-10-22)18-20-17(21-24-18)15-5-3-11-25-15/h1-5,8,11,13H,6-7,9-10,12H2. The Morgan fingerprint density at radius 3 is 2.84 bits per heavy atom. The summed E-state index contributed by atoms with van der Waals surface area (Å²) in [6, 6.07) is 9.60. The predicted molar refractivity (Wildman–Crippen MR) is 94.1 cm³/mol. The first-order chi connectivity index (χ1) is 12.3. The van der Waals surface area contributed by atoms with Crippen LogP contribution in [0.1, 0.15) is 30.3 Å². The normalized spacial score (nSPS) is 15.4. The molecule has 0 N–H and O–H groups in total. The zero-order valence-electron chi connectivity index (χ0n) is 13.7. The van der Waals surface area contributed by atoms with Gasteiger partial charge in [-0.25, -0.2) is 0 Å². The Hall–Kier alpha value is -2.54. The highest BCUT2D eigenvalue weighted by atomic mass is 32.1. The number of nitrogens with zero attached hydrogens (tertiary/aromatic N) is 4. The third-order valence-corrected chi connectivity index (χ3v) is 5.30. The summed E-state index contributed by atoms with van der Waals surface area (Å²) < 4.78 is 5.45. The van der Waals surface area contributed by atoms with Gasteiger partial charge in [-0.1, -0.05) is 17.3 Å². The summed E-state index contributed by atoms with van der Waals surface area (Å²) in [6.07, 6.45) is 3.77. The van der Waals surface area contributed by atoms with Crippen molar-refractivity contribution in [1.29, 1.82) is 0 Å². The van der Waals surface area contributed by atoms with E-state index in [9.17, 15) is 4.79 Å². The highest BCUT2D eigenvalue weighted by Crippen LogP contribution is 2.29. The van der Waals surface area contributed by atoms with Crippen molar-refractivity contribution in [2.45, 2.75) is 25.2 Å². The van der Waals surface area contributed by atoms with Gasteiger partial charge in [-0.2, -0.15) is 4.98 Å². The minimum Gasteiger partial charge on any atom is -0.342 e. The molecule has 0 atom stereocenters. The van der Waals surface area contributed by atoms with Gasteiger partial charge < -0.3 is 9.42 Å². The topological polar surface area (TPSA) is 72.1 Å². The van der Waals surface area contributed by atoms with Crippen LogP contribution in [0.15, 0.2) is 46.4 Å². The van der Waals surface area contributed by atoms with Gasteiger partial charge >= 0.3 is 0 Å². The van der Waals surface area contributed by atoms with Crippen molar-refractivity contribution in [2.75, 3.05) is 13.1 Å². The number of rotatable bonds is 4. The molecule has 128 valence electrons. The molecule has 0 bridgehead atoms. The smallest absolute Gasteiger partial charge is 0.230 e. The molecule has 0 saturated carbocycles. The lowest BCUT2D eigenvalue weighted by Crippen LogP contribution is -2.39. The molecule has 1 aliphatic rings. The summed E-state index contributed by atoms with van der Waals surface area (Å²) in [7, 11) is 0. The molecule has 1 amide bonds. The molecular weight excluding hydrogens is 336 g/mol. The first kappa shape index (κ1) is 16.0. The Morgan fingerprint density at radius 2 is 2.12 bits per heavy atom. The van der Waals surface area contributed by atoms with Crippen molar-refractivity contribution in [3.8, 4) is 10.7 Å². The van der Waals surface area contributed by atoms with Gasteiger partial charge in [0.05, 0.1) is 11.3 Å². The van der Waals surface area contributed by atoms with Crippen LogP contribution in [0.5, 0.6) is 0 Å². The Kier molecular flexibility index (Phi) is 4.56. The molecule has 1 saturated heterocycles. The van der Waals surface area contributed by atoms with Crippen LogP contribution in [-0.4, -0.2) is 39.0 Å². The first-order valence-electron chi connectivity index (χ1n) is 8.35. The Bertz CT molecular complexity index is 824. The van der Waals surface area contributed by atoms with Gasteiger partial charge in [0.2, 0.25) is 17.6 Å². The lowest BCUT2D eigenvalue weighted by atomic mass is 9.96. The summed E-state index contributed by atoms with van der Waals surface area (Å²) >= 11 is 1.60. The van der Waals surface area contributed by atoms with E-state index in [-0.39, 0.29) is 11.8 Å². The minimum atomic E-state index is 0.127. The van der Waals surface area contributed by atoms with Gasteiger partial charge in [0.25, 0.3) is 0 Å². The van der Waals surface area contributed by atoms with Gasteiger partial charge in [0.1, 0.15) is 0 Å². The number of pyridine rings is 1. The Labute approximate surface area is 149 Å². The number of amides is 1. The molecule has 0 aliphatic carbocycles. The first-order valence-corrected chi connectivity index (χ1v) is 9.23. The molecule has 0 unspecified atom stereocenters. The van der Waals surface area contributed by atoms with E-state index in [0.717, 1.165) is 23.4 Å². The van der Waals surface area contributed by atoms with Gasteiger partial charge in [0.15, 0.2) is 0 Å². The number of carbonyl (C=O) groups excluding carboxylic acids is 1. The highest BCUT2D eigenvalue weighted by Gasteiger charge is 2.27. The SMILES string of the molecule is O=C(Cc1ccccn1)N1CCC(c2nc(-c3cccs3)no2)CC1. The number of aromatic nitrogens is 3. The van der Waals surface area contributed by atoms with Crippen molar-refractivity contribution < 1.29 is 9.32 Å². The average molecular weight is 354 g/mol. The van der Waals surface area contributed by atoms with Crippen LogP contribution in [0.3, 0.4) is 0 Å². The number of carbonyl (C=O) groups is 1. The molecule has 4 rings (SSSR count). The fourth-order valence-corrected chi connectivity index (χ4v) is 3.70. The van der Waals surface area contributed by atoms with Gasteiger partial charge in [0, 0.05) is 30.9 Å². The van der Waals surface area contributed by atoms with E-state index in [1.165, 1.54) is 0 Å². The molecule has 0 spiro atoms. The molecule has 1 aliphatic heterocycles. The molecule has 1 fully saturated rings. The lowest BCUT2D eigenvalue weighted by Gasteiger charge is -2.30. The van der Waals surface area contributed by atoms with E-state index in [1.807, 2.05) is 40.6 Å². The van der Waals surface area contributed by atoms with E-state index < -0.39 is 0 Å². The number of likely N-dealkylation sites (tertiary alicyclic amines) is 1. The van der Waals surface area contributed by atoms with Crippen molar-refractivity contribution in [3.05, 3.63) is 53.5 Å². The summed E-state index contributed by atoms with van der Waals surface area (Å²) in [5, 5.41) is 6.08. The summed E-state index contributed by atoms with van der Waals surface area (Å²) in [5.41, 5.74) is 0.812. The second-order valence-corrected chi connectivity index (χ2v) is 7.03. The van der Waals surface area contributed by atoms with Crippen LogP contribution in [0.4, 0.5) is 0 Å². The fraction of sp³-hybridized carbons (Fsp3) is 0.333. The van der Waals surface area contributed by atoms with E-state index in [0.29, 0.717) is 31.2 Å². The van der Waals surface area contributed by atoms with Crippen LogP contribution >= 0.6 is 11.3 Å². The number of thiophene rings is 1. The van der Waals surface area contributed by atoms with Crippen LogP contribution in [-0.2, 0) is 11.2 Å². The maximum Gasteiger partial charge on any atom is 0.230 e. The highest BCUT2D eigenvalue weighted by molar-refractivity contribution is 7.13. The number of hydrogen-bond acceptors (Lipinski definition) is 6. The molecule has 3 aromatic rings. The molecule has 25 heavy (non-hydrogen) atoms. The van der Waals surface area contributed by atoms with Crippen LogP contribution in [0.2, 0.25) is 0 Å². The Balaban J connectivity index is 1.34. The van der Waals surface area contributed by atoms with E-state index >= 15 is 0 Å². The monoisotopic (exact) mass is 354 g/mol. The molecule has 0 radical (unpaired) electrons. The molecule has 3 aromatic heterocycles. The van der Waals surface area contributed by atoms with Crippen molar-refractivity contribution in [3.63, 3.8) is 0 Å². The number of hydrogen-bond donors (Lipinski definition) is 0. The average Bonchev–Trinajstić information content (AvgIpc) is 3.34. The van der Waals surface area contributed by atoms with Crippen LogP contribution in [0.25, 0.3) is 10.7 Å². The van der Waals surface area contributed by atoms with E-state index in [4.69, 9.17) is 4.52 Å². The largest absolute Gasteiger partial charge is 0.342 e. The van der Waals surface area contributed by atoms with Crippen LogP contribution < -0.4 is 0 Å². The van der Waals surface area contributed by atoms with E-state index in [2.05, 4.69) is 15.1 Å². The molecule has 6 nitrogen and oxygen atoms in total. The van der Waals surface area contributed by atoms with Crippen molar-refractivity contribution in [2.24, 2.45) is 0 Å². The quantitative estimate of drug-likeness (QED) is 0.720. The predicted octanol–water partition coefficient (Wildman–Crippen LogP) is 3.14. The molecule has 0 aromatic carbocycles. The van der Waals surface area contributed by atoms with Crippen molar-refractivity contribution >= 4 is 17.2 Å². The number of piperidine rings is 1. The van der Waals surface area contributed by atoms with Gasteiger partial charge in [-0.05, 0) is 36.4 Å². The third kappa shape index (κ3) is 3.61.